The van der Waals surface area contributed by atoms with Crippen LogP contribution >= 0.6 is 0 Å². The van der Waals surface area contributed by atoms with E-state index in [-0.39, 0.29) is 5.91 Å². The molecule has 1 amide bonds. The van der Waals surface area contributed by atoms with Gasteiger partial charge in [-0.3, -0.25) is 4.79 Å². The number of rotatable bonds is 3. The van der Waals surface area contributed by atoms with Gasteiger partial charge in [-0.2, -0.15) is 0 Å². The summed E-state index contributed by atoms with van der Waals surface area (Å²) in [5.41, 5.74) is 2.97. The molecule has 6 heteroatoms. The molecule has 6 nitrogen and oxygen atoms in total. The largest absolute Gasteiger partial charge is 0.445 e. The Morgan fingerprint density at radius 1 is 1.22 bits per heavy atom. The molecule has 3 heterocycles. The second-order valence-corrected chi connectivity index (χ2v) is 5.02. The Labute approximate surface area is 131 Å². The number of pyridine rings is 1. The summed E-state index contributed by atoms with van der Waals surface area (Å²) >= 11 is 0. The van der Waals surface area contributed by atoms with Crippen LogP contribution in [0.3, 0.4) is 0 Å². The fourth-order valence-corrected chi connectivity index (χ4v) is 2.35. The molecule has 0 saturated carbocycles. The minimum Gasteiger partial charge on any atom is -0.445 e. The number of nitrogens with zero attached hydrogens (tertiary/aromatic N) is 3. The van der Waals surface area contributed by atoms with Gasteiger partial charge in [-0.1, -0.05) is 6.07 Å². The molecule has 0 unspecified atom stereocenters. The van der Waals surface area contributed by atoms with E-state index in [4.69, 9.17) is 4.42 Å². The van der Waals surface area contributed by atoms with Crippen LogP contribution in [0.5, 0.6) is 0 Å². The summed E-state index contributed by atoms with van der Waals surface area (Å²) in [4.78, 5) is 20.5. The van der Waals surface area contributed by atoms with Crippen molar-refractivity contribution in [3.8, 4) is 11.5 Å². The minimum absolute atomic E-state index is 0.190. The summed E-state index contributed by atoms with van der Waals surface area (Å²) < 4.78 is 7.07. The van der Waals surface area contributed by atoms with Gasteiger partial charge in [-0.05, 0) is 30.3 Å². The number of aromatic nitrogens is 3. The molecule has 0 saturated heterocycles. The third-order valence-corrected chi connectivity index (χ3v) is 3.47. The van der Waals surface area contributed by atoms with Crippen molar-refractivity contribution in [2.45, 2.75) is 0 Å². The molecule has 0 bridgehead atoms. The maximum absolute atomic E-state index is 12.4. The van der Waals surface area contributed by atoms with Crippen molar-refractivity contribution in [3.05, 3.63) is 73.1 Å². The molecular weight excluding hydrogens is 292 g/mol. The summed E-state index contributed by atoms with van der Waals surface area (Å²) in [6.07, 6.45) is 8.24. The predicted octanol–water partition coefficient (Wildman–Crippen LogP) is 3.24. The summed E-state index contributed by atoms with van der Waals surface area (Å²) in [7, 11) is 0. The zero-order valence-corrected chi connectivity index (χ0v) is 12.0. The van der Waals surface area contributed by atoms with Crippen molar-refractivity contribution >= 4 is 17.1 Å². The van der Waals surface area contributed by atoms with Crippen LogP contribution in [0.25, 0.3) is 17.0 Å². The third-order valence-electron chi connectivity index (χ3n) is 3.47. The Bertz CT molecular complexity index is 973. The number of hydrogen-bond donors (Lipinski definition) is 1. The highest BCUT2D eigenvalue weighted by molar-refractivity contribution is 6.04. The number of anilines is 1. The minimum atomic E-state index is -0.190. The van der Waals surface area contributed by atoms with Crippen LogP contribution in [-0.2, 0) is 0 Å². The van der Waals surface area contributed by atoms with Gasteiger partial charge in [0.2, 0.25) is 5.89 Å². The molecule has 0 spiro atoms. The first-order valence-electron chi connectivity index (χ1n) is 7.02. The number of benzene rings is 1. The molecule has 23 heavy (non-hydrogen) atoms. The van der Waals surface area contributed by atoms with E-state index < -0.39 is 0 Å². The molecule has 1 N–H and O–H groups in total. The Balaban J connectivity index is 1.59. The summed E-state index contributed by atoms with van der Waals surface area (Å²) in [5, 5.41) is 2.88. The SMILES string of the molecule is O=C(Nc1cccc(-c2ncco2)c1)c1ccc2cncn2c1. The number of fused-ring (bicyclic) bond motifs is 1. The highest BCUT2D eigenvalue weighted by atomic mass is 16.3. The number of carbonyl (C=O) groups is 1. The quantitative estimate of drug-likeness (QED) is 0.630. The standard InChI is InChI=1S/C17H12N4O2/c22-16(13-4-5-15-9-18-11-21(15)10-13)20-14-3-1-2-12(8-14)17-19-6-7-23-17/h1-11H,(H,20,22). The lowest BCUT2D eigenvalue weighted by molar-refractivity contribution is 0.102. The van der Waals surface area contributed by atoms with Gasteiger partial charge < -0.3 is 14.1 Å². The van der Waals surface area contributed by atoms with Crippen LogP contribution in [-0.4, -0.2) is 20.3 Å². The van der Waals surface area contributed by atoms with Crippen LogP contribution in [0.2, 0.25) is 0 Å². The van der Waals surface area contributed by atoms with Gasteiger partial charge >= 0.3 is 0 Å². The first-order chi connectivity index (χ1) is 11.3. The zero-order valence-electron chi connectivity index (χ0n) is 12.0. The molecule has 3 aromatic heterocycles. The van der Waals surface area contributed by atoms with Gasteiger partial charge in [0.1, 0.15) is 6.26 Å². The van der Waals surface area contributed by atoms with E-state index in [1.165, 1.54) is 6.26 Å². The van der Waals surface area contributed by atoms with E-state index in [0.29, 0.717) is 17.1 Å². The predicted molar refractivity (Wildman–Crippen MR) is 85.1 cm³/mol. The van der Waals surface area contributed by atoms with Crippen LogP contribution < -0.4 is 5.32 Å². The maximum atomic E-state index is 12.4. The lowest BCUT2D eigenvalue weighted by Gasteiger charge is -2.07. The molecule has 0 aliphatic rings. The lowest BCUT2D eigenvalue weighted by atomic mass is 10.2. The van der Waals surface area contributed by atoms with E-state index >= 15 is 0 Å². The average molecular weight is 304 g/mol. The van der Waals surface area contributed by atoms with Gasteiger partial charge in [0, 0.05) is 17.4 Å². The molecule has 0 aliphatic carbocycles. The van der Waals surface area contributed by atoms with Gasteiger partial charge in [-0.25, -0.2) is 9.97 Å². The summed E-state index contributed by atoms with van der Waals surface area (Å²) in [6.45, 7) is 0. The lowest BCUT2D eigenvalue weighted by Crippen LogP contribution is -2.12. The van der Waals surface area contributed by atoms with Crippen molar-refractivity contribution in [1.82, 2.24) is 14.4 Å². The molecular formula is C17H12N4O2. The topological polar surface area (TPSA) is 72.4 Å². The monoisotopic (exact) mass is 304 g/mol. The van der Waals surface area contributed by atoms with Crippen LogP contribution in [0, 0.1) is 0 Å². The molecule has 0 aliphatic heterocycles. The van der Waals surface area contributed by atoms with Crippen LogP contribution in [0.1, 0.15) is 10.4 Å². The van der Waals surface area contributed by atoms with Gasteiger partial charge in [-0.15, -0.1) is 0 Å². The number of oxazole rings is 1. The van der Waals surface area contributed by atoms with E-state index in [2.05, 4.69) is 15.3 Å². The van der Waals surface area contributed by atoms with E-state index in [1.807, 2.05) is 30.3 Å². The van der Waals surface area contributed by atoms with Crippen molar-refractivity contribution < 1.29 is 9.21 Å². The molecule has 0 atom stereocenters. The Kier molecular flexibility index (Phi) is 3.12. The smallest absolute Gasteiger partial charge is 0.257 e. The van der Waals surface area contributed by atoms with Crippen molar-refractivity contribution in [2.24, 2.45) is 0 Å². The molecule has 0 radical (unpaired) electrons. The number of carbonyl (C=O) groups excluding carboxylic acids is 1. The van der Waals surface area contributed by atoms with E-state index in [1.54, 1.807) is 35.4 Å². The Morgan fingerprint density at radius 3 is 3.04 bits per heavy atom. The highest BCUT2D eigenvalue weighted by Crippen LogP contribution is 2.21. The number of nitrogens with one attached hydrogen (secondary N) is 1. The Morgan fingerprint density at radius 2 is 2.17 bits per heavy atom. The summed E-state index contributed by atoms with van der Waals surface area (Å²) in [5.74, 6) is 0.325. The third kappa shape index (κ3) is 2.57. The fourth-order valence-electron chi connectivity index (χ4n) is 2.35. The number of hydrogen-bond acceptors (Lipinski definition) is 4. The highest BCUT2D eigenvalue weighted by Gasteiger charge is 2.09. The summed E-state index contributed by atoms with van der Waals surface area (Å²) in [6, 6.07) is 11.0. The van der Waals surface area contributed by atoms with Crippen LogP contribution in [0.4, 0.5) is 5.69 Å². The van der Waals surface area contributed by atoms with Crippen LogP contribution in [0.15, 0.2) is 72.0 Å². The van der Waals surface area contributed by atoms with Gasteiger partial charge in [0.15, 0.2) is 0 Å². The maximum Gasteiger partial charge on any atom is 0.257 e. The Hall–Kier alpha value is -3.41. The first kappa shape index (κ1) is 13.3. The molecule has 4 aromatic rings. The van der Waals surface area contributed by atoms with Gasteiger partial charge in [0.25, 0.3) is 5.91 Å². The second-order valence-electron chi connectivity index (χ2n) is 5.02. The van der Waals surface area contributed by atoms with E-state index in [9.17, 15) is 4.79 Å². The van der Waals surface area contributed by atoms with Crippen molar-refractivity contribution in [2.75, 3.05) is 5.32 Å². The van der Waals surface area contributed by atoms with Crippen molar-refractivity contribution in [1.29, 1.82) is 0 Å². The van der Waals surface area contributed by atoms with Gasteiger partial charge in [0.05, 0.1) is 29.8 Å². The number of amides is 1. The average Bonchev–Trinajstić information content (AvgIpc) is 3.26. The second kappa shape index (κ2) is 5.42. The molecule has 4 rings (SSSR count). The van der Waals surface area contributed by atoms with E-state index in [0.717, 1.165) is 11.1 Å². The van der Waals surface area contributed by atoms with Crippen molar-refractivity contribution in [3.63, 3.8) is 0 Å². The fraction of sp³-hybridized carbons (Fsp3) is 0. The molecule has 112 valence electrons. The molecule has 1 aromatic carbocycles. The zero-order chi connectivity index (χ0) is 15.6. The molecule has 0 fully saturated rings. The first-order valence-corrected chi connectivity index (χ1v) is 7.02. The number of imidazole rings is 1. The normalized spacial score (nSPS) is 10.8.